The first-order chi connectivity index (χ1) is 23.8. The van der Waals surface area contributed by atoms with Crippen LogP contribution in [0.5, 0.6) is 5.88 Å². The minimum atomic E-state index is -3.16. The molecule has 1 aliphatic rings. The summed E-state index contributed by atoms with van der Waals surface area (Å²) in [4.78, 5) is 22.7. The molecule has 50 heavy (non-hydrogen) atoms. The number of benzene rings is 2. The minimum Gasteiger partial charge on any atom is -0.481 e. The van der Waals surface area contributed by atoms with Gasteiger partial charge in [0, 0.05) is 60.8 Å². The predicted molar refractivity (Wildman–Crippen MR) is 183 cm³/mol. The van der Waals surface area contributed by atoms with E-state index >= 15 is 13.2 Å². The number of carboxylic acid groups (broad SMARTS) is 1. The van der Waals surface area contributed by atoms with Crippen LogP contribution in [-0.4, -0.2) is 58.1 Å². The molecule has 0 amide bonds. The molecule has 0 radical (unpaired) electrons. The number of halogens is 3. The molecule has 2 aromatic carbocycles. The normalized spacial score (nSPS) is 17.3. The third kappa shape index (κ3) is 7.39. The molecule has 4 aromatic heterocycles. The van der Waals surface area contributed by atoms with Crippen LogP contribution in [0.3, 0.4) is 0 Å². The molecule has 0 spiro atoms. The summed E-state index contributed by atoms with van der Waals surface area (Å²) in [7, 11) is 1.76. The van der Waals surface area contributed by atoms with Gasteiger partial charge in [-0.25, -0.2) is 22.8 Å². The Morgan fingerprint density at radius 3 is 2.70 bits per heavy atom. The number of fused-ring (bicyclic) bond motifs is 10. The number of aromatic nitrogens is 7. The quantitative estimate of drug-likeness (QED) is 0.189. The van der Waals surface area contributed by atoms with Crippen LogP contribution in [-0.2, 0) is 30.2 Å². The lowest BCUT2D eigenvalue weighted by molar-refractivity contribution is -0.134. The Hall–Kier alpha value is -5.11. The number of hydrogen-bond donors (Lipinski definition) is 2. The Labute approximate surface area is 290 Å². The maximum atomic E-state index is 15.7. The molecule has 7 rings (SSSR count). The molecule has 6 aromatic rings. The van der Waals surface area contributed by atoms with Crippen molar-refractivity contribution in [1.29, 1.82) is 0 Å². The Bertz CT molecular complexity index is 2160. The molecular weight excluding hydrogens is 668 g/mol. The van der Waals surface area contributed by atoms with Crippen LogP contribution < -0.4 is 4.74 Å². The lowest BCUT2D eigenvalue weighted by atomic mass is 9.76. The molecule has 2 N–H and O–H groups in total. The lowest BCUT2D eigenvalue weighted by Gasteiger charge is -2.29. The second-order valence-corrected chi connectivity index (χ2v) is 13.5. The fourth-order valence-electron chi connectivity index (χ4n) is 5.92. The van der Waals surface area contributed by atoms with Gasteiger partial charge in [0.1, 0.15) is 11.5 Å². The highest BCUT2D eigenvalue weighted by atomic mass is 32.2. The largest absolute Gasteiger partial charge is 0.481 e. The lowest BCUT2D eigenvalue weighted by Crippen LogP contribution is -2.32. The van der Waals surface area contributed by atoms with E-state index in [0.29, 0.717) is 33.3 Å². The van der Waals surface area contributed by atoms with Crippen molar-refractivity contribution in [3.8, 4) is 17.4 Å². The molecule has 10 nitrogen and oxygen atoms in total. The minimum absolute atomic E-state index is 0.0684. The number of H-pyrrole nitrogens is 1. The van der Waals surface area contributed by atoms with Crippen molar-refractivity contribution in [2.75, 3.05) is 6.61 Å². The van der Waals surface area contributed by atoms with Crippen LogP contribution in [0.4, 0.5) is 13.2 Å². The molecule has 0 saturated heterocycles. The SMILES string of the molecule is CC(=O)O.CCc1cccc(C2(C)CCC(F)(F)COc3ccn(n3)Cc3c(c(F)cc4[nH]ccc34)Sc3ccnc(c3)-c3nc2nn3C)c1. The number of rotatable bonds is 2. The van der Waals surface area contributed by atoms with Crippen molar-refractivity contribution >= 4 is 28.6 Å². The number of aromatic amines is 1. The monoisotopic (exact) mass is 703 g/mol. The number of ether oxygens (including phenoxy) is 1. The Balaban J connectivity index is 0.00000103. The fourth-order valence-corrected chi connectivity index (χ4v) is 6.91. The van der Waals surface area contributed by atoms with Gasteiger partial charge in [0.15, 0.2) is 18.3 Å². The fraction of sp³-hybridized carbons (Fsp3) is 0.306. The summed E-state index contributed by atoms with van der Waals surface area (Å²) in [5.41, 5.74) is 2.88. The molecule has 0 saturated carbocycles. The molecule has 1 aliphatic heterocycles. The topological polar surface area (TPSA) is 124 Å². The summed E-state index contributed by atoms with van der Waals surface area (Å²) in [6.07, 6.45) is 5.47. The highest BCUT2D eigenvalue weighted by Crippen LogP contribution is 2.41. The van der Waals surface area contributed by atoms with Gasteiger partial charge in [-0.15, -0.1) is 5.10 Å². The van der Waals surface area contributed by atoms with Gasteiger partial charge in [0.05, 0.1) is 16.9 Å². The number of aliphatic carboxylic acids is 1. The van der Waals surface area contributed by atoms with E-state index in [4.69, 9.17) is 24.7 Å². The molecule has 0 fully saturated rings. The van der Waals surface area contributed by atoms with Crippen molar-refractivity contribution in [2.45, 2.75) is 67.7 Å². The summed E-state index contributed by atoms with van der Waals surface area (Å²) in [5, 5.41) is 17.4. The summed E-state index contributed by atoms with van der Waals surface area (Å²) < 4.78 is 55.5. The van der Waals surface area contributed by atoms with E-state index in [1.807, 2.05) is 49.4 Å². The molecule has 6 bridgehead atoms. The van der Waals surface area contributed by atoms with Gasteiger partial charge in [-0.1, -0.05) is 43.0 Å². The second-order valence-electron chi connectivity index (χ2n) is 12.4. The smallest absolute Gasteiger partial charge is 0.300 e. The van der Waals surface area contributed by atoms with Gasteiger partial charge in [-0.05, 0) is 60.7 Å². The highest BCUT2D eigenvalue weighted by Gasteiger charge is 2.40. The summed E-state index contributed by atoms with van der Waals surface area (Å²) >= 11 is 1.28. The number of nitrogens with one attached hydrogen (secondary N) is 1. The van der Waals surface area contributed by atoms with Gasteiger partial charge in [0.2, 0.25) is 5.88 Å². The van der Waals surface area contributed by atoms with Crippen molar-refractivity contribution in [1.82, 2.24) is 34.5 Å². The van der Waals surface area contributed by atoms with Crippen LogP contribution >= 0.6 is 11.8 Å². The van der Waals surface area contributed by atoms with Gasteiger partial charge in [-0.3, -0.25) is 14.5 Å². The molecule has 1 unspecified atom stereocenters. The zero-order valence-electron chi connectivity index (χ0n) is 28.0. The number of alkyl halides is 2. The number of carbonyl (C=O) groups is 1. The maximum absolute atomic E-state index is 15.7. The van der Waals surface area contributed by atoms with Crippen molar-refractivity contribution < 1.29 is 27.8 Å². The highest BCUT2D eigenvalue weighted by molar-refractivity contribution is 7.99. The standard InChI is InChI=1S/C34H32F3N7OS.C2H4O2/c1-4-21-6-5-7-22(16-21)33(2)11-12-34(36,37)20-45-29-10-15-44(41-29)19-25-24-9-14-38-27(24)18-26(35)30(25)46-23-8-13-39-28(17-23)31-40-32(33)42-43(31)3;1-2(3)4/h5-10,13-18,38H,4,11-12,19-20H2,1-3H3;1H3,(H,3,4). The van der Waals surface area contributed by atoms with Crippen LogP contribution in [0, 0.1) is 5.82 Å². The van der Waals surface area contributed by atoms with Crippen molar-refractivity contribution in [2.24, 2.45) is 7.05 Å². The average molecular weight is 704 g/mol. The number of carboxylic acids is 1. The Kier molecular flexibility index (Phi) is 9.74. The van der Waals surface area contributed by atoms with Crippen LogP contribution in [0.25, 0.3) is 22.4 Å². The third-order valence-corrected chi connectivity index (χ3v) is 9.77. The van der Waals surface area contributed by atoms with Crippen molar-refractivity contribution in [3.05, 3.63) is 102 Å². The number of pyridine rings is 1. The van der Waals surface area contributed by atoms with E-state index in [1.54, 1.807) is 41.1 Å². The molecule has 1 atom stereocenters. The summed E-state index contributed by atoms with van der Waals surface area (Å²) in [6.45, 7) is 4.41. The first-order valence-corrected chi connectivity index (χ1v) is 16.8. The van der Waals surface area contributed by atoms with Gasteiger partial charge in [-0.2, -0.15) is 5.10 Å². The average Bonchev–Trinajstić information content (AvgIpc) is 3.84. The van der Waals surface area contributed by atoms with E-state index in [1.165, 1.54) is 17.8 Å². The zero-order chi connectivity index (χ0) is 35.6. The Morgan fingerprint density at radius 1 is 1.12 bits per heavy atom. The van der Waals surface area contributed by atoms with Crippen molar-refractivity contribution in [3.63, 3.8) is 0 Å². The molecule has 5 heterocycles. The van der Waals surface area contributed by atoms with Crippen LogP contribution in [0.2, 0.25) is 0 Å². The second kappa shape index (κ2) is 14.0. The van der Waals surface area contributed by atoms with Gasteiger partial charge >= 0.3 is 0 Å². The van der Waals surface area contributed by atoms with E-state index in [9.17, 15) is 0 Å². The molecule has 14 heteroatoms. The third-order valence-electron chi connectivity index (χ3n) is 8.63. The number of hydrogen-bond acceptors (Lipinski definition) is 7. The number of aryl methyl sites for hydroxylation is 2. The van der Waals surface area contributed by atoms with E-state index in [0.717, 1.165) is 34.8 Å². The van der Waals surface area contributed by atoms with Gasteiger partial charge < -0.3 is 14.8 Å². The molecule has 0 aliphatic carbocycles. The predicted octanol–water partition coefficient (Wildman–Crippen LogP) is 7.66. The van der Waals surface area contributed by atoms with Crippen LogP contribution in [0.15, 0.2) is 83.0 Å². The number of nitrogens with zero attached hydrogens (tertiary/aromatic N) is 6. The van der Waals surface area contributed by atoms with Crippen LogP contribution in [0.1, 0.15) is 56.1 Å². The summed E-state index contributed by atoms with van der Waals surface area (Å²) in [6, 6.07) is 16.5. The molecule has 260 valence electrons. The molecular formula is C36H36F3N7O3S. The van der Waals surface area contributed by atoms with Gasteiger partial charge in [0.25, 0.3) is 11.9 Å². The summed E-state index contributed by atoms with van der Waals surface area (Å²) in [5.74, 6) is -3.42. The first kappa shape index (κ1) is 34.7. The van der Waals surface area contributed by atoms with E-state index < -0.39 is 36.2 Å². The first-order valence-electron chi connectivity index (χ1n) is 16.0. The Morgan fingerprint density at radius 2 is 1.92 bits per heavy atom. The zero-order valence-corrected chi connectivity index (χ0v) is 28.8. The van der Waals surface area contributed by atoms with E-state index in [-0.39, 0.29) is 18.8 Å². The van der Waals surface area contributed by atoms with E-state index in [2.05, 4.69) is 22.0 Å². The maximum Gasteiger partial charge on any atom is 0.300 e.